The van der Waals surface area contributed by atoms with Gasteiger partial charge < -0.3 is 29.2 Å². The van der Waals surface area contributed by atoms with Crippen molar-refractivity contribution in [3.8, 4) is 5.88 Å². The number of Topliss-reactive ketones (excluding diaryl/α,β-unsaturated/α-hetero) is 2. The van der Waals surface area contributed by atoms with Crippen LogP contribution in [0.1, 0.15) is 91.2 Å². The number of methoxy groups -OCH3 is 2. The Labute approximate surface area is 358 Å². The second kappa shape index (κ2) is 22.6. The Morgan fingerprint density at radius 1 is 0.983 bits per heavy atom. The zero-order valence-corrected chi connectivity index (χ0v) is 35.8. The lowest BCUT2D eigenvalue weighted by Gasteiger charge is -2.29. The number of benzene rings is 1. The molecule has 2 atom stereocenters. The maximum absolute atomic E-state index is 13.0. The van der Waals surface area contributed by atoms with E-state index in [9.17, 15) is 24.0 Å². The van der Waals surface area contributed by atoms with Gasteiger partial charge in [-0.1, -0.05) is 36.2 Å². The van der Waals surface area contributed by atoms with Crippen molar-refractivity contribution in [1.29, 1.82) is 0 Å². The number of carbonyl (C=O) groups is 5. The number of amides is 3. The summed E-state index contributed by atoms with van der Waals surface area (Å²) < 4.78 is 23.2. The predicted molar refractivity (Wildman–Crippen MR) is 223 cm³/mol. The highest BCUT2D eigenvalue weighted by Crippen LogP contribution is 2.32. The molecule has 0 bridgehead atoms. The number of imide groups is 1. The van der Waals surface area contributed by atoms with Gasteiger partial charge in [-0.25, -0.2) is 14.5 Å². The summed E-state index contributed by atoms with van der Waals surface area (Å²) in [6.07, 6.45) is 6.07. The number of nitrogens with zero attached hydrogens (tertiary/aromatic N) is 5. The predicted octanol–water partition coefficient (Wildman–Crippen LogP) is 5.54. The largest absolute Gasteiger partial charge is 0.477 e. The van der Waals surface area contributed by atoms with Crippen LogP contribution in [0, 0.1) is 0 Å². The number of hydrogen-bond donors (Lipinski definition) is 2. The van der Waals surface area contributed by atoms with Crippen molar-refractivity contribution in [3.63, 3.8) is 0 Å². The topological polar surface area (TPSA) is 193 Å². The summed E-state index contributed by atoms with van der Waals surface area (Å²) in [5.74, 6) is -0.366. The number of carbonyl (C=O) groups excluding carboxylic acids is 5. The second-order valence-electron chi connectivity index (χ2n) is 14.3. The van der Waals surface area contributed by atoms with Crippen LogP contribution in [-0.2, 0) is 52.8 Å². The number of piperidine rings is 1. The summed E-state index contributed by atoms with van der Waals surface area (Å²) in [5.41, 5.74) is 4.91. The molecule has 322 valence electrons. The lowest BCUT2D eigenvalue weighted by Crippen LogP contribution is -2.52. The second-order valence-corrected chi connectivity index (χ2v) is 15.1. The Hall–Kier alpha value is -5.00. The minimum atomic E-state index is -0.599. The maximum Gasteiger partial charge on any atom is 0.255 e. The van der Waals surface area contributed by atoms with Gasteiger partial charge in [-0.2, -0.15) is 5.10 Å². The molecule has 4 aromatic rings. The van der Waals surface area contributed by atoms with Crippen LogP contribution in [-0.4, -0.2) is 107 Å². The molecule has 18 heteroatoms. The normalized spacial score (nSPS) is 15.3. The average molecular weight is 869 g/mol. The number of nitrogens with one attached hydrogen (secondary N) is 2. The lowest BCUT2D eigenvalue weighted by molar-refractivity contribution is -0.137. The Morgan fingerprint density at radius 2 is 1.78 bits per heavy atom. The number of pyridine rings is 1. The van der Waals surface area contributed by atoms with Crippen molar-refractivity contribution in [3.05, 3.63) is 80.8 Å². The molecule has 1 saturated heterocycles. The van der Waals surface area contributed by atoms with Gasteiger partial charge >= 0.3 is 0 Å². The molecular weight excluding hydrogens is 817 g/mol. The van der Waals surface area contributed by atoms with Gasteiger partial charge in [-0.05, 0) is 44.4 Å². The van der Waals surface area contributed by atoms with Gasteiger partial charge in [0.15, 0.2) is 10.8 Å². The molecule has 1 aromatic carbocycles. The summed E-state index contributed by atoms with van der Waals surface area (Å²) >= 11 is 12.2. The summed E-state index contributed by atoms with van der Waals surface area (Å²) in [5, 5.41) is 10.6. The monoisotopic (exact) mass is 867 g/mol. The molecule has 1 fully saturated rings. The average Bonchev–Trinajstić information content (AvgIpc) is 3.77. The van der Waals surface area contributed by atoms with Crippen LogP contribution in [0.4, 0.5) is 5.69 Å². The Morgan fingerprint density at radius 3 is 2.53 bits per heavy atom. The molecule has 5 heterocycles. The van der Waals surface area contributed by atoms with E-state index in [1.807, 2.05) is 26.0 Å². The molecule has 0 radical (unpaired) electrons. The van der Waals surface area contributed by atoms with Gasteiger partial charge in [-0.15, -0.1) is 0 Å². The standard InChI is InChI=1S/C24H28Cl2N4O4.C18H23N3O5/c1-4-6-19(31)7-5-8-34-24-16(9-18(25)14-28-24)10-20(32)11-17-13-27-22-12-21(26)29-30(22)23(17)15(2)33-3;1-25-9-10-26-8-7-19-14-4-2-3-12-13(14)11-21(18(12)24)15-5-6-16(22)20-17(15)23/h9,12-15H,4-8,10-11H2,1-3H3;2-4,15,19H,5-11H2,1H3,(H,20,22,23)/t15-;/m0./s1. The number of ketones is 2. The Balaban J connectivity index is 0.000000236. The molecule has 0 aliphatic carbocycles. The molecule has 2 aliphatic heterocycles. The van der Waals surface area contributed by atoms with E-state index in [2.05, 4.69) is 25.7 Å². The molecule has 60 heavy (non-hydrogen) atoms. The van der Waals surface area contributed by atoms with E-state index >= 15 is 0 Å². The van der Waals surface area contributed by atoms with Gasteiger partial charge in [0.2, 0.25) is 17.7 Å². The van der Waals surface area contributed by atoms with Crippen LogP contribution in [0.2, 0.25) is 10.2 Å². The van der Waals surface area contributed by atoms with Gasteiger partial charge in [-0.3, -0.25) is 29.3 Å². The third-order valence-electron chi connectivity index (χ3n) is 9.92. The van der Waals surface area contributed by atoms with E-state index < -0.39 is 11.9 Å². The molecule has 1 unspecified atom stereocenters. The van der Waals surface area contributed by atoms with Crippen LogP contribution < -0.4 is 15.4 Å². The number of hydrogen-bond acceptors (Lipinski definition) is 13. The highest BCUT2D eigenvalue weighted by molar-refractivity contribution is 6.30. The van der Waals surface area contributed by atoms with E-state index in [1.165, 1.54) is 6.20 Å². The van der Waals surface area contributed by atoms with E-state index in [0.717, 1.165) is 17.7 Å². The molecule has 6 rings (SSSR count). The maximum atomic E-state index is 13.0. The first-order chi connectivity index (χ1) is 28.9. The highest BCUT2D eigenvalue weighted by Gasteiger charge is 2.39. The first kappa shape index (κ1) is 46.1. The third-order valence-corrected chi connectivity index (χ3v) is 10.3. The molecule has 0 saturated carbocycles. The zero-order chi connectivity index (χ0) is 43.2. The van der Waals surface area contributed by atoms with Gasteiger partial charge in [0.05, 0.1) is 43.2 Å². The molecule has 3 amide bonds. The summed E-state index contributed by atoms with van der Waals surface area (Å²) in [7, 11) is 3.21. The van der Waals surface area contributed by atoms with Crippen LogP contribution in [0.15, 0.2) is 42.7 Å². The van der Waals surface area contributed by atoms with Crippen molar-refractivity contribution in [2.24, 2.45) is 0 Å². The first-order valence-electron chi connectivity index (χ1n) is 19.9. The number of aromatic nitrogens is 4. The fourth-order valence-corrected chi connectivity index (χ4v) is 7.30. The SMILES string of the molecule is CCCC(=O)CCCOc1ncc(Cl)cc1CC(=O)Cc1cnc2cc(Cl)nn2c1[C@H](C)OC.COCCOCCNc1cccc2c1CN(C1CCC(=O)NC1=O)C2=O. The number of rotatable bonds is 21. The van der Waals surface area contributed by atoms with Crippen LogP contribution in [0.5, 0.6) is 5.88 Å². The highest BCUT2D eigenvalue weighted by atomic mass is 35.5. The smallest absolute Gasteiger partial charge is 0.255 e. The fraction of sp³-hybridized carbons (Fsp3) is 0.476. The minimum Gasteiger partial charge on any atom is -0.477 e. The Bertz CT molecular complexity index is 2170. The number of anilines is 1. The molecular formula is C42H51Cl2N7O9. The van der Waals surface area contributed by atoms with E-state index in [0.29, 0.717) is 109 Å². The fourth-order valence-electron chi connectivity index (χ4n) is 6.95. The van der Waals surface area contributed by atoms with E-state index in [1.54, 1.807) is 48.0 Å². The number of ether oxygens (including phenoxy) is 4. The minimum absolute atomic E-state index is 0.0732. The Kier molecular flexibility index (Phi) is 17.3. The molecule has 2 aliphatic rings. The quantitative estimate of drug-likeness (QED) is 0.0784. The summed E-state index contributed by atoms with van der Waals surface area (Å²) in [4.78, 5) is 71.1. The third kappa shape index (κ3) is 12.3. The molecule has 3 aromatic heterocycles. The van der Waals surface area contributed by atoms with Crippen LogP contribution >= 0.6 is 23.2 Å². The van der Waals surface area contributed by atoms with Crippen molar-refractivity contribution in [2.45, 2.75) is 83.9 Å². The number of fused-ring (bicyclic) bond motifs is 2. The molecule has 0 spiro atoms. The van der Waals surface area contributed by atoms with Crippen molar-refractivity contribution < 1.29 is 42.9 Å². The number of halogens is 2. The van der Waals surface area contributed by atoms with Gasteiger partial charge in [0, 0.05) is 106 Å². The van der Waals surface area contributed by atoms with Crippen LogP contribution in [0.25, 0.3) is 5.65 Å². The van der Waals surface area contributed by atoms with Gasteiger partial charge in [0.1, 0.15) is 17.6 Å². The molecule has 2 N–H and O–H groups in total. The van der Waals surface area contributed by atoms with Crippen LogP contribution in [0.3, 0.4) is 0 Å². The summed E-state index contributed by atoms with van der Waals surface area (Å²) in [6.45, 7) is 6.76. The van der Waals surface area contributed by atoms with Crippen molar-refractivity contribution in [1.82, 2.24) is 29.8 Å². The van der Waals surface area contributed by atoms with E-state index in [4.69, 9.17) is 42.1 Å². The zero-order valence-electron chi connectivity index (χ0n) is 34.3. The van der Waals surface area contributed by atoms with Crippen molar-refractivity contribution in [2.75, 3.05) is 52.5 Å². The van der Waals surface area contributed by atoms with Gasteiger partial charge in [0.25, 0.3) is 5.91 Å². The van der Waals surface area contributed by atoms with E-state index in [-0.39, 0.29) is 48.7 Å². The molecule has 16 nitrogen and oxygen atoms in total. The van der Waals surface area contributed by atoms with Crippen molar-refractivity contribution >= 4 is 63.8 Å². The summed E-state index contributed by atoms with van der Waals surface area (Å²) in [6, 6.07) is 8.23. The lowest BCUT2D eigenvalue weighted by atomic mass is 10.0. The first-order valence-corrected chi connectivity index (χ1v) is 20.6.